The molecule has 1 atom stereocenters. The number of benzene rings is 1. The second-order valence-corrected chi connectivity index (χ2v) is 3.48. The normalized spacial score (nSPS) is 12.6. The lowest BCUT2D eigenvalue weighted by atomic mass is 9.98. The first-order valence-corrected chi connectivity index (χ1v) is 4.76. The molecule has 0 aliphatic heterocycles. The van der Waals surface area contributed by atoms with Crippen molar-refractivity contribution in [1.82, 2.24) is 4.98 Å². The first kappa shape index (κ1) is 9.65. The lowest BCUT2D eigenvalue weighted by Crippen LogP contribution is -2.08. The molecule has 3 heteroatoms. The predicted octanol–water partition coefficient (Wildman–Crippen LogP) is 2.42. The fourth-order valence-corrected chi connectivity index (χ4v) is 1.61. The highest BCUT2D eigenvalue weighted by Gasteiger charge is 2.16. The van der Waals surface area contributed by atoms with E-state index in [0.717, 1.165) is 16.5 Å². The Kier molecular flexibility index (Phi) is 2.37. The van der Waals surface area contributed by atoms with Gasteiger partial charge in [0.05, 0.1) is 11.4 Å². The number of carbonyl (C=O) groups is 1. The summed E-state index contributed by atoms with van der Waals surface area (Å²) < 4.78 is 0. The first-order valence-electron chi connectivity index (χ1n) is 4.76. The van der Waals surface area contributed by atoms with Gasteiger partial charge in [0.1, 0.15) is 0 Å². The van der Waals surface area contributed by atoms with Crippen LogP contribution in [0.3, 0.4) is 0 Å². The molecular weight excluding hydrogens is 190 g/mol. The number of nitrogens with zero attached hydrogens (tertiary/aromatic N) is 1. The molecule has 2 aromatic rings. The highest BCUT2D eigenvalue weighted by Crippen LogP contribution is 2.23. The summed E-state index contributed by atoms with van der Waals surface area (Å²) in [6.07, 6.45) is 1.68. The van der Waals surface area contributed by atoms with Gasteiger partial charge in [-0.1, -0.05) is 24.3 Å². The van der Waals surface area contributed by atoms with Gasteiger partial charge in [0.15, 0.2) is 0 Å². The second-order valence-electron chi connectivity index (χ2n) is 3.48. The molecule has 15 heavy (non-hydrogen) atoms. The van der Waals surface area contributed by atoms with Gasteiger partial charge in [0, 0.05) is 11.6 Å². The highest BCUT2D eigenvalue weighted by atomic mass is 16.4. The number of hydrogen-bond donors (Lipinski definition) is 1. The van der Waals surface area contributed by atoms with E-state index in [1.165, 1.54) is 0 Å². The molecule has 1 heterocycles. The molecule has 3 nitrogen and oxygen atoms in total. The average Bonchev–Trinajstić information content (AvgIpc) is 2.27. The third kappa shape index (κ3) is 1.68. The number of aromatic nitrogens is 1. The number of fused-ring (bicyclic) bond motifs is 1. The molecule has 0 fully saturated rings. The maximum atomic E-state index is 10.9. The van der Waals surface area contributed by atoms with Crippen LogP contribution in [0, 0.1) is 0 Å². The molecule has 0 bridgehead atoms. The topological polar surface area (TPSA) is 50.2 Å². The van der Waals surface area contributed by atoms with Crippen LogP contribution in [0.1, 0.15) is 18.4 Å². The van der Waals surface area contributed by atoms with Crippen molar-refractivity contribution >= 4 is 16.9 Å². The Morgan fingerprint density at radius 3 is 2.80 bits per heavy atom. The van der Waals surface area contributed by atoms with Crippen molar-refractivity contribution in [3.05, 3.63) is 42.1 Å². The molecule has 0 aliphatic carbocycles. The first-order chi connectivity index (χ1) is 7.20. The average molecular weight is 201 g/mol. The molecule has 0 radical (unpaired) electrons. The van der Waals surface area contributed by atoms with E-state index in [-0.39, 0.29) is 0 Å². The Morgan fingerprint density at radius 2 is 2.07 bits per heavy atom. The summed E-state index contributed by atoms with van der Waals surface area (Å²) in [5.41, 5.74) is 1.54. The number of para-hydroxylation sites is 1. The van der Waals surface area contributed by atoms with Crippen molar-refractivity contribution in [2.75, 3.05) is 0 Å². The number of carboxylic acid groups (broad SMARTS) is 1. The molecule has 1 aromatic carbocycles. The van der Waals surface area contributed by atoms with Crippen LogP contribution in [0.4, 0.5) is 0 Å². The van der Waals surface area contributed by atoms with Gasteiger partial charge in [-0.3, -0.25) is 9.78 Å². The quantitative estimate of drug-likeness (QED) is 0.811. The van der Waals surface area contributed by atoms with Crippen LogP contribution in [0.15, 0.2) is 36.5 Å². The standard InChI is InChI=1S/C12H11NO2/c1-8(12(14)15)10-6-2-4-9-5-3-7-13-11(9)10/h2-8H,1H3,(H,14,15). The molecule has 0 spiro atoms. The third-order valence-electron chi connectivity index (χ3n) is 2.50. The van der Waals surface area contributed by atoms with E-state index in [1.807, 2.05) is 30.3 Å². The van der Waals surface area contributed by atoms with Gasteiger partial charge in [-0.2, -0.15) is 0 Å². The maximum absolute atomic E-state index is 10.9. The highest BCUT2D eigenvalue weighted by molar-refractivity contribution is 5.87. The fraction of sp³-hybridized carbons (Fsp3) is 0.167. The summed E-state index contributed by atoms with van der Waals surface area (Å²) in [5, 5.41) is 9.94. The molecule has 0 saturated heterocycles. The largest absolute Gasteiger partial charge is 0.481 e. The SMILES string of the molecule is CC(C(=O)O)c1cccc2cccnc12. The van der Waals surface area contributed by atoms with Crippen LogP contribution in [-0.2, 0) is 4.79 Å². The summed E-state index contributed by atoms with van der Waals surface area (Å²) in [5.74, 6) is -1.35. The number of carboxylic acids is 1. The molecule has 0 saturated carbocycles. The smallest absolute Gasteiger partial charge is 0.310 e. The Balaban J connectivity index is 2.65. The maximum Gasteiger partial charge on any atom is 0.310 e. The van der Waals surface area contributed by atoms with Crippen molar-refractivity contribution in [3.8, 4) is 0 Å². The number of hydrogen-bond acceptors (Lipinski definition) is 2. The Bertz CT molecular complexity index is 502. The summed E-state index contributed by atoms with van der Waals surface area (Å²) in [6, 6.07) is 9.38. The van der Waals surface area contributed by atoms with Crippen molar-refractivity contribution in [2.24, 2.45) is 0 Å². The van der Waals surface area contributed by atoms with Crippen LogP contribution < -0.4 is 0 Å². The lowest BCUT2D eigenvalue weighted by Gasteiger charge is -2.08. The molecule has 1 unspecified atom stereocenters. The van der Waals surface area contributed by atoms with Gasteiger partial charge >= 0.3 is 5.97 Å². The van der Waals surface area contributed by atoms with Gasteiger partial charge < -0.3 is 5.11 Å². The fourth-order valence-electron chi connectivity index (χ4n) is 1.61. The zero-order valence-corrected chi connectivity index (χ0v) is 8.34. The van der Waals surface area contributed by atoms with Crippen LogP contribution in [0.25, 0.3) is 10.9 Å². The number of aliphatic carboxylic acids is 1. The predicted molar refractivity (Wildman–Crippen MR) is 57.8 cm³/mol. The van der Waals surface area contributed by atoms with E-state index in [1.54, 1.807) is 13.1 Å². The summed E-state index contributed by atoms with van der Waals surface area (Å²) in [6.45, 7) is 1.67. The molecule has 1 aromatic heterocycles. The Morgan fingerprint density at radius 1 is 1.33 bits per heavy atom. The van der Waals surface area contributed by atoms with Gasteiger partial charge in [0.25, 0.3) is 0 Å². The minimum Gasteiger partial charge on any atom is -0.481 e. The second kappa shape index (κ2) is 3.69. The van der Waals surface area contributed by atoms with Crippen LogP contribution in [0.5, 0.6) is 0 Å². The Labute approximate surface area is 87.4 Å². The molecule has 0 amide bonds. The van der Waals surface area contributed by atoms with Gasteiger partial charge in [-0.15, -0.1) is 0 Å². The van der Waals surface area contributed by atoms with Crippen LogP contribution >= 0.6 is 0 Å². The zero-order valence-electron chi connectivity index (χ0n) is 8.34. The summed E-state index contributed by atoms with van der Waals surface area (Å²) in [4.78, 5) is 15.1. The monoisotopic (exact) mass is 201 g/mol. The number of pyridine rings is 1. The molecule has 76 valence electrons. The van der Waals surface area contributed by atoms with Crippen LogP contribution in [-0.4, -0.2) is 16.1 Å². The molecule has 1 N–H and O–H groups in total. The van der Waals surface area contributed by atoms with E-state index < -0.39 is 11.9 Å². The van der Waals surface area contributed by atoms with Gasteiger partial charge in [-0.25, -0.2) is 0 Å². The van der Waals surface area contributed by atoms with Gasteiger partial charge in [0.2, 0.25) is 0 Å². The van der Waals surface area contributed by atoms with E-state index in [9.17, 15) is 4.79 Å². The minimum absolute atomic E-state index is 0.524. The molecule has 0 aliphatic rings. The summed E-state index contributed by atoms with van der Waals surface area (Å²) >= 11 is 0. The Hall–Kier alpha value is -1.90. The van der Waals surface area contributed by atoms with E-state index in [0.29, 0.717) is 0 Å². The summed E-state index contributed by atoms with van der Waals surface area (Å²) in [7, 11) is 0. The van der Waals surface area contributed by atoms with E-state index in [4.69, 9.17) is 5.11 Å². The zero-order chi connectivity index (χ0) is 10.8. The minimum atomic E-state index is -0.826. The van der Waals surface area contributed by atoms with E-state index >= 15 is 0 Å². The van der Waals surface area contributed by atoms with Crippen molar-refractivity contribution in [3.63, 3.8) is 0 Å². The van der Waals surface area contributed by atoms with Gasteiger partial charge in [-0.05, 0) is 18.6 Å². The van der Waals surface area contributed by atoms with Crippen molar-refractivity contribution < 1.29 is 9.90 Å². The van der Waals surface area contributed by atoms with Crippen molar-refractivity contribution in [1.29, 1.82) is 0 Å². The van der Waals surface area contributed by atoms with Crippen LogP contribution in [0.2, 0.25) is 0 Å². The van der Waals surface area contributed by atoms with E-state index in [2.05, 4.69) is 4.98 Å². The lowest BCUT2D eigenvalue weighted by molar-refractivity contribution is -0.138. The third-order valence-corrected chi connectivity index (χ3v) is 2.50. The van der Waals surface area contributed by atoms with Crippen molar-refractivity contribution in [2.45, 2.75) is 12.8 Å². The number of rotatable bonds is 2. The molecule has 2 rings (SSSR count). The molecular formula is C12H11NO2.